The van der Waals surface area contributed by atoms with Crippen LogP contribution in [-0.2, 0) is 9.53 Å². The van der Waals surface area contributed by atoms with Crippen molar-refractivity contribution in [3.8, 4) is 0 Å². The summed E-state index contributed by atoms with van der Waals surface area (Å²) in [7, 11) is 0. The van der Waals surface area contributed by atoms with E-state index >= 15 is 0 Å². The normalized spacial score (nSPS) is 41.2. The minimum absolute atomic E-state index is 0.0511. The minimum Gasteiger partial charge on any atom is -0.462 e. The second-order valence-electron chi connectivity index (χ2n) is 13.6. The first-order valence-corrected chi connectivity index (χ1v) is 15.0. The Morgan fingerprint density at radius 3 is 2.53 bits per heavy atom. The van der Waals surface area contributed by atoms with Crippen molar-refractivity contribution in [2.24, 2.45) is 46.3 Å². The predicted molar refractivity (Wildman–Crippen MR) is 143 cm³/mol. The molecule has 34 heavy (non-hydrogen) atoms. The monoisotopic (exact) mass is 490 g/mol. The van der Waals surface area contributed by atoms with Crippen LogP contribution in [-0.4, -0.2) is 17.5 Å². The summed E-state index contributed by atoms with van der Waals surface area (Å²) in [4.78, 5) is 12.2. The van der Waals surface area contributed by atoms with E-state index in [0.717, 1.165) is 48.3 Å². The number of allylic oxidation sites excluding steroid dienone is 1. The third-order valence-electron chi connectivity index (χ3n) is 11.0. The van der Waals surface area contributed by atoms with Gasteiger partial charge in [0.25, 0.3) is 0 Å². The summed E-state index contributed by atoms with van der Waals surface area (Å²) in [6.07, 6.45) is 17.3. The SMILES string of the molecule is CC(C)CCC[C@@H](C)[C@@H]1CC[C@@H]2[C@H]3CC=C4C[C@@H](OC(=O)C[C@H](C)Cl)CC[C@]4(C)[C@@H]3CC[C@@]21C. The van der Waals surface area contributed by atoms with E-state index in [9.17, 15) is 4.79 Å². The molecule has 0 unspecified atom stereocenters. The van der Waals surface area contributed by atoms with Crippen molar-refractivity contribution in [2.75, 3.05) is 0 Å². The number of carbonyl (C=O) groups excluding carboxylic acids is 1. The van der Waals surface area contributed by atoms with Gasteiger partial charge in [-0.1, -0.05) is 65.5 Å². The van der Waals surface area contributed by atoms with E-state index in [-0.39, 0.29) is 17.5 Å². The molecule has 0 saturated heterocycles. The van der Waals surface area contributed by atoms with Crippen molar-refractivity contribution in [2.45, 2.75) is 130 Å². The molecule has 3 saturated carbocycles. The van der Waals surface area contributed by atoms with Gasteiger partial charge in [-0.3, -0.25) is 4.79 Å². The smallest absolute Gasteiger partial charge is 0.307 e. The number of carbonyl (C=O) groups is 1. The van der Waals surface area contributed by atoms with Crippen molar-refractivity contribution in [1.29, 1.82) is 0 Å². The molecule has 0 aromatic rings. The zero-order chi connectivity index (χ0) is 24.7. The van der Waals surface area contributed by atoms with Crippen LogP contribution in [0.4, 0.5) is 0 Å². The average molecular weight is 491 g/mol. The van der Waals surface area contributed by atoms with Gasteiger partial charge in [0, 0.05) is 11.8 Å². The molecule has 0 radical (unpaired) electrons. The summed E-state index contributed by atoms with van der Waals surface area (Å²) >= 11 is 6.01. The first-order valence-electron chi connectivity index (χ1n) is 14.6. The summed E-state index contributed by atoms with van der Waals surface area (Å²) in [6.45, 7) is 14.4. The number of hydrogen-bond donors (Lipinski definition) is 0. The molecule has 3 heteroatoms. The van der Waals surface area contributed by atoms with Gasteiger partial charge >= 0.3 is 5.97 Å². The minimum atomic E-state index is -0.152. The molecule has 4 aliphatic carbocycles. The maximum absolute atomic E-state index is 12.2. The van der Waals surface area contributed by atoms with Crippen LogP contribution < -0.4 is 0 Å². The summed E-state index contributed by atoms with van der Waals surface area (Å²) in [5.74, 6) is 5.08. The number of rotatable bonds is 8. The van der Waals surface area contributed by atoms with Gasteiger partial charge in [0.1, 0.15) is 6.10 Å². The molecule has 194 valence electrons. The van der Waals surface area contributed by atoms with Crippen LogP contribution in [0, 0.1) is 46.3 Å². The van der Waals surface area contributed by atoms with Gasteiger partial charge in [0.05, 0.1) is 6.42 Å². The van der Waals surface area contributed by atoms with Gasteiger partial charge in [-0.15, -0.1) is 11.6 Å². The lowest BCUT2D eigenvalue weighted by molar-refractivity contribution is -0.151. The van der Waals surface area contributed by atoms with Crippen LogP contribution in [0.15, 0.2) is 11.6 Å². The Labute approximate surface area is 215 Å². The Hall–Kier alpha value is -0.500. The molecule has 0 heterocycles. The maximum atomic E-state index is 12.2. The molecule has 0 aromatic carbocycles. The van der Waals surface area contributed by atoms with E-state index in [1.807, 2.05) is 6.92 Å². The first kappa shape index (κ1) is 26.6. The van der Waals surface area contributed by atoms with Crippen LogP contribution in [0.3, 0.4) is 0 Å². The summed E-state index contributed by atoms with van der Waals surface area (Å²) in [6, 6.07) is 0. The second-order valence-corrected chi connectivity index (χ2v) is 14.4. The molecule has 0 N–H and O–H groups in total. The molecule has 2 nitrogen and oxygen atoms in total. The molecule has 3 fully saturated rings. The van der Waals surface area contributed by atoms with E-state index in [1.54, 1.807) is 5.57 Å². The molecule has 0 aliphatic heterocycles. The Morgan fingerprint density at radius 2 is 1.82 bits per heavy atom. The van der Waals surface area contributed by atoms with Crippen molar-refractivity contribution >= 4 is 17.6 Å². The third-order valence-corrected chi connectivity index (χ3v) is 11.2. The van der Waals surface area contributed by atoms with Crippen LogP contribution in [0.1, 0.15) is 119 Å². The third kappa shape index (κ3) is 5.14. The molecular weight excluding hydrogens is 440 g/mol. The standard InChI is InChI=1S/C31H51ClO2/c1-20(2)8-7-9-21(3)26-12-13-27-25-11-10-23-19-24(34-29(33)18-22(4)32)14-16-30(23,5)28(25)15-17-31(26,27)6/h10,20-22,24-28H,7-9,11-19H2,1-6H3/t21-,22+,24+,25-,26+,27-,28-,30+,31-/m1/s1. The fraction of sp³-hybridized carbons (Fsp3) is 0.903. The van der Waals surface area contributed by atoms with E-state index in [4.69, 9.17) is 16.3 Å². The average Bonchev–Trinajstić information content (AvgIpc) is 3.10. The van der Waals surface area contributed by atoms with Crippen molar-refractivity contribution in [3.63, 3.8) is 0 Å². The summed E-state index contributed by atoms with van der Waals surface area (Å²) < 4.78 is 5.84. The highest BCUT2D eigenvalue weighted by Gasteiger charge is 2.59. The number of fused-ring (bicyclic) bond motifs is 5. The van der Waals surface area contributed by atoms with E-state index < -0.39 is 0 Å². The van der Waals surface area contributed by atoms with Crippen molar-refractivity contribution in [1.82, 2.24) is 0 Å². The highest BCUT2D eigenvalue weighted by Crippen LogP contribution is 2.67. The highest BCUT2D eigenvalue weighted by molar-refractivity contribution is 6.21. The van der Waals surface area contributed by atoms with Gasteiger partial charge < -0.3 is 4.74 Å². The lowest BCUT2D eigenvalue weighted by atomic mass is 9.47. The fourth-order valence-electron chi connectivity index (χ4n) is 9.22. The van der Waals surface area contributed by atoms with E-state index in [0.29, 0.717) is 17.3 Å². The zero-order valence-corrected chi connectivity index (χ0v) is 23.6. The predicted octanol–water partition coefficient (Wildman–Crippen LogP) is 8.96. The van der Waals surface area contributed by atoms with Crippen molar-refractivity contribution < 1.29 is 9.53 Å². The molecule has 4 aliphatic rings. The first-order chi connectivity index (χ1) is 16.0. The van der Waals surface area contributed by atoms with Crippen LogP contribution in [0.25, 0.3) is 0 Å². The number of halogens is 1. The second kappa shape index (κ2) is 10.5. The lowest BCUT2D eigenvalue weighted by Gasteiger charge is -2.58. The number of alkyl halides is 1. The molecule has 9 atom stereocenters. The van der Waals surface area contributed by atoms with Crippen LogP contribution in [0.5, 0.6) is 0 Å². The van der Waals surface area contributed by atoms with Gasteiger partial charge in [-0.2, -0.15) is 0 Å². The van der Waals surface area contributed by atoms with Gasteiger partial charge in [-0.05, 0) is 98.2 Å². The molecule has 4 rings (SSSR count). The van der Waals surface area contributed by atoms with Gasteiger partial charge in [-0.25, -0.2) is 0 Å². The Morgan fingerprint density at radius 1 is 1.06 bits per heavy atom. The molecule has 0 bridgehead atoms. The quantitative estimate of drug-likeness (QED) is 0.193. The van der Waals surface area contributed by atoms with E-state index in [2.05, 4.69) is 40.7 Å². The van der Waals surface area contributed by atoms with Crippen molar-refractivity contribution in [3.05, 3.63) is 11.6 Å². The Kier molecular flexibility index (Phi) is 8.18. The summed E-state index contributed by atoms with van der Waals surface area (Å²) in [5.41, 5.74) is 2.45. The van der Waals surface area contributed by atoms with Gasteiger partial charge in [0.15, 0.2) is 0 Å². The molecular formula is C31H51ClO2. The van der Waals surface area contributed by atoms with Gasteiger partial charge in [0.2, 0.25) is 0 Å². The number of ether oxygens (including phenoxy) is 1. The Bertz CT molecular complexity index is 757. The largest absolute Gasteiger partial charge is 0.462 e. The molecule has 0 amide bonds. The lowest BCUT2D eigenvalue weighted by Crippen LogP contribution is -2.51. The Balaban J connectivity index is 1.42. The number of esters is 1. The number of hydrogen-bond acceptors (Lipinski definition) is 2. The van der Waals surface area contributed by atoms with E-state index in [1.165, 1.54) is 57.8 Å². The highest BCUT2D eigenvalue weighted by atomic mass is 35.5. The maximum Gasteiger partial charge on any atom is 0.307 e. The fourth-order valence-corrected chi connectivity index (χ4v) is 9.34. The molecule has 0 spiro atoms. The topological polar surface area (TPSA) is 26.3 Å². The summed E-state index contributed by atoms with van der Waals surface area (Å²) in [5, 5.41) is -0.152. The molecule has 0 aromatic heterocycles. The zero-order valence-electron chi connectivity index (χ0n) is 22.9. The van der Waals surface area contributed by atoms with Crippen LogP contribution in [0.2, 0.25) is 0 Å². The van der Waals surface area contributed by atoms with Crippen LogP contribution >= 0.6 is 11.6 Å².